The van der Waals surface area contributed by atoms with E-state index in [9.17, 15) is 0 Å². The Bertz CT molecular complexity index is 855. The summed E-state index contributed by atoms with van der Waals surface area (Å²) in [5.41, 5.74) is 6.74. The summed E-state index contributed by atoms with van der Waals surface area (Å²) < 4.78 is 9.06. The molecule has 1 atom stereocenters. The molecule has 120 valence electrons. The van der Waals surface area contributed by atoms with Crippen molar-refractivity contribution < 1.29 is 4.74 Å². The molecule has 11 nitrogen and oxygen atoms in total. The second-order valence-electron chi connectivity index (χ2n) is 5.38. The molecule has 1 fully saturated rings. The molecule has 2 N–H and O–H groups in total. The van der Waals surface area contributed by atoms with E-state index in [1.54, 1.807) is 22.6 Å². The maximum atomic E-state index is 6.03. The van der Waals surface area contributed by atoms with E-state index in [1.165, 1.54) is 0 Å². The molecule has 0 saturated carbocycles. The first kappa shape index (κ1) is 13.8. The van der Waals surface area contributed by atoms with Crippen molar-refractivity contribution in [1.29, 1.82) is 0 Å². The van der Waals surface area contributed by atoms with Crippen LogP contribution in [0, 0.1) is 0 Å². The summed E-state index contributed by atoms with van der Waals surface area (Å²) >= 11 is 0. The summed E-state index contributed by atoms with van der Waals surface area (Å²) in [6, 6.07) is 0. The van der Waals surface area contributed by atoms with Crippen molar-refractivity contribution >= 4 is 22.8 Å². The first-order valence-electron chi connectivity index (χ1n) is 7.17. The quantitative estimate of drug-likeness (QED) is 0.636. The minimum absolute atomic E-state index is 0.240. The van der Waals surface area contributed by atoms with Crippen LogP contribution in [0.3, 0.4) is 0 Å². The number of hydrogen-bond donors (Lipinski definition) is 1. The number of nitrogen functional groups attached to an aromatic ring is 1. The second-order valence-corrected chi connectivity index (χ2v) is 5.38. The molecule has 0 amide bonds. The number of morpholine rings is 1. The minimum Gasteiger partial charge on any atom is -0.383 e. The molecule has 11 heteroatoms. The fourth-order valence-electron chi connectivity index (χ4n) is 2.67. The van der Waals surface area contributed by atoms with Crippen LogP contribution in [0.2, 0.25) is 0 Å². The van der Waals surface area contributed by atoms with Gasteiger partial charge >= 0.3 is 0 Å². The van der Waals surface area contributed by atoms with Gasteiger partial charge < -0.3 is 15.4 Å². The fraction of sp³-hybridized carbons (Fsp3) is 0.500. The van der Waals surface area contributed by atoms with E-state index in [2.05, 4.69) is 30.6 Å². The van der Waals surface area contributed by atoms with Crippen LogP contribution in [-0.4, -0.2) is 59.7 Å². The zero-order chi connectivity index (χ0) is 16.0. The molecule has 0 aromatic carbocycles. The van der Waals surface area contributed by atoms with Crippen LogP contribution in [0.4, 0.5) is 11.8 Å². The fourth-order valence-corrected chi connectivity index (χ4v) is 2.67. The van der Waals surface area contributed by atoms with Gasteiger partial charge in [0.1, 0.15) is 11.9 Å². The summed E-state index contributed by atoms with van der Waals surface area (Å²) in [6.45, 7) is 1.76. The molecule has 1 aliphatic rings. The average molecular weight is 316 g/mol. The van der Waals surface area contributed by atoms with Gasteiger partial charge in [0, 0.05) is 20.6 Å². The van der Waals surface area contributed by atoms with Crippen LogP contribution in [-0.2, 0) is 18.8 Å². The Hall–Kier alpha value is -2.82. The Kier molecular flexibility index (Phi) is 3.08. The van der Waals surface area contributed by atoms with Crippen LogP contribution in [0.25, 0.3) is 11.0 Å². The summed E-state index contributed by atoms with van der Waals surface area (Å²) in [5, 5.41) is 16.4. The molecular formula is C12H16N10O. The highest BCUT2D eigenvalue weighted by molar-refractivity contribution is 5.86. The molecule has 23 heavy (non-hydrogen) atoms. The van der Waals surface area contributed by atoms with Crippen LogP contribution in [0.1, 0.15) is 11.9 Å². The highest BCUT2D eigenvalue weighted by atomic mass is 16.5. The third-order valence-electron chi connectivity index (χ3n) is 3.90. The lowest BCUT2D eigenvalue weighted by molar-refractivity contribution is 0.0311. The summed E-state index contributed by atoms with van der Waals surface area (Å²) in [7, 11) is 3.61. The van der Waals surface area contributed by atoms with Gasteiger partial charge in [0.2, 0.25) is 5.95 Å². The number of nitrogens with zero attached hydrogens (tertiary/aromatic N) is 9. The molecule has 0 radical (unpaired) electrons. The SMILES string of the molecule is Cn1nnnc1C1CN(c2nc(N)c3cnn(C)c3n2)CCO1. The summed E-state index contributed by atoms with van der Waals surface area (Å²) in [5.74, 6) is 1.65. The maximum absolute atomic E-state index is 6.03. The van der Waals surface area contributed by atoms with Gasteiger partial charge in [0.15, 0.2) is 11.5 Å². The third-order valence-corrected chi connectivity index (χ3v) is 3.90. The lowest BCUT2D eigenvalue weighted by Gasteiger charge is -2.32. The van der Waals surface area contributed by atoms with Crippen LogP contribution in [0.15, 0.2) is 6.20 Å². The number of hydrogen-bond acceptors (Lipinski definition) is 9. The molecule has 4 rings (SSSR count). The predicted molar refractivity (Wildman–Crippen MR) is 80.4 cm³/mol. The molecule has 0 spiro atoms. The van der Waals surface area contributed by atoms with Crippen molar-refractivity contribution in [2.45, 2.75) is 6.10 Å². The van der Waals surface area contributed by atoms with Gasteiger partial charge in [-0.1, -0.05) is 0 Å². The molecule has 3 aromatic rings. The topological polar surface area (TPSA) is 126 Å². The third kappa shape index (κ3) is 2.25. The highest BCUT2D eigenvalue weighted by Crippen LogP contribution is 2.25. The number of tetrazole rings is 1. The zero-order valence-corrected chi connectivity index (χ0v) is 12.8. The zero-order valence-electron chi connectivity index (χ0n) is 12.8. The van der Waals surface area contributed by atoms with Crippen LogP contribution in [0.5, 0.6) is 0 Å². The Morgan fingerprint density at radius 3 is 2.91 bits per heavy atom. The molecule has 1 aliphatic heterocycles. The minimum atomic E-state index is -0.240. The van der Waals surface area contributed by atoms with Gasteiger partial charge in [-0.15, -0.1) is 5.10 Å². The Balaban J connectivity index is 1.67. The molecular weight excluding hydrogens is 300 g/mol. The standard InChI is InChI=1S/C12H16N10O/c1-20-10-7(5-14-20)9(13)15-12(16-10)22-3-4-23-8(6-22)11-17-18-19-21(11)2/h5,8H,3-4,6H2,1-2H3,(H2,13,15,16). The molecule has 0 aliphatic carbocycles. The van der Waals surface area contributed by atoms with Gasteiger partial charge in [-0.25, -0.2) is 4.68 Å². The monoisotopic (exact) mass is 316 g/mol. The van der Waals surface area contributed by atoms with Crippen molar-refractivity contribution in [2.75, 3.05) is 30.3 Å². The Morgan fingerprint density at radius 2 is 2.13 bits per heavy atom. The number of aromatic nitrogens is 8. The van der Waals surface area contributed by atoms with Crippen molar-refractivity contribution in [2.24, 2.45) is 14.1 Å². The maximum Gasteiger partial charge on any atom is 0.229 e. The first-order chi connectivity index (χ1) is 11.1. The first-order valence-corrected chi connectivity index (χ1v) is 7.17. The lowest BCUT2D eigenvalue weighted by atomic mass is 10.2. The van der Waals surface area contributed by atoms with E-state index in [1.807, 2.05) is 11.9 Å². The van der Waals surface area contributed by atoms with Crippen LogP contribution < -0.4 is 10.6 Å². The molecule has 4 heterocycles. The van der Waals surface area contributed by atoms with Crippen LogP contribution >= 0.6 is 0 Å². The largest absolute Gasteiger partial charge is 0.383 e. The predicted octanol–water partition coefficient (Wildman–Crippen LogP) is -0.953. The van der Waals surface area contributed by atoms with E-state index in [-0.39, 0.29) is 6.10 Å². The van der Waals surface area contributed by atoms with Crippen molar-refractivity contribution in [3.8, 4) is 0 Å². The number of anilines is 2. The van der Waals surface area contributed by atoms with Gasteiger partial charge in [-0.3, -0.25) is 4.68 Å². The molecule has 0 bridgehead atoms. The van der Waals surface area contributed by atoms with E-state index >= 15 is 0 Å². The summed E-state index contributed by atoms with van der Waals surface area (Å²) in [4.78, 5) is 11.0. The molecule has 3 aromatic heterocycles. The number of rotatable bonds is 2. The average Bonchev–Trinajstić information content (AvgIpc) is 3.14. The lowest BCUT2D eigenvalue weighted by Crippen LogP contribution is -2.40. The van der Waals surface area contributed by atoms with Gasteiger partial charge in [0.25, 0.3) is 0 Å². The Labute approximate surface area is 131 Å². The van der Waals surface area contributed by atoms with E-state index in [0.29, 0.717) is 42.9 Å². The molecule has 1 unspecified atom stereocenters. The second kappa shape index (κ2) is 5.12. The summed E-state index contributed by atoms with van der Waals surface area (Å²) in [6.07, 6.45) is 1.43. The smallest absolute Gasteiger partial charge is 0.229 e. The van der Waals surface area contributed by atoms with Gasteiger partial charge in [0.05, 0.1) is 24.7 Å². The highest BCUT2D eigenvalue weighted by Gasteiger charge is 2.28. The normalized spacial score (nSPS) is 18.7. The number of aryl methyl sites for hydroxylation is 2. The molecule has 1 saturated heterocycles. The van der Waals surface area contributed by atoms with Crippen molar-refractivity contribution in [1.82, 2.24) is 40.0 Å². The van der Waals surface area contributed by atoms with E-state index in [0.717, 1.165) is 5.39 Å². The number of ether oxygens (including phenoxy) is 1. The van der Waals surface area contributed by atoms with Gasteiger partial charge in [-0.2, -0.15) is 15.1 Å². The number of fused-ring (bicyclic) bond motifs is 1. The van der Waals surface area contributed by atoms with E-state index in [4.69, 9.17) is 10.5 Å². The Morgan fingerprint density at radius 1 is 1.26 bits per heavy atom. The number of nitrogens with two attached hydrogens (primary N) is 1. The van der Waals surface area contributed by atoms with Crippen molar-refractivity contribution in [3.05, 3.63) is 12.0 Å². The van der Waals surface area contributed by atoms with Crippen molar-refractivity contribution in [3.63, 3.8) is 0 Å². The van der Waals surface area contributed by atoms with E-state index < -0.39 is 0 Å². The van der Waals surface area contributed by atoms with Gasteiger partial charge in [-0.05, 0) is 10.4 Å².